The molecule has 4 heteroatoms. The molecule has 0 radical (unpaired) electrons. The molecule has 0 aliphatic rings. The number of nitrogens with two attached hydrogens (primary N) is 1. The van der Waals surface area contributed by atoms with Crippen LogP contribution in [0.4, 0.5) is 0 Å². The van der Waals surface area contributed by atoms with Crippen molar-refractivity contribution in [1.82, 2.24) is 5.32 Å². The summed E-state index contributed by atoms with van der Waals surface area (Å²) in [5.74, 6) is 0.567. The summed E-state index contributed by atoms with van der Waals surface area (Å²) in [6.45, 7) is 7.97. The SMILES string of the molecule is CCC(C)(C)NC(=O)COc1ccc(C(C)N)cc1. The monoisotopic (exact) mass is 264 g/mol. The number of rotatable bonds is 6. The van der Waals surface area contributed by atoms with Crippen molar-refractivity contribution in [1.29, 1.82) is 0 Å². The molecule has 1 amide bonds. The lowest BCUT2D eigenvalue weighted by atomic mass is 10.0. The number of carbonyl (C=O) groups excluding carboxylic acids is 1. The van der Waals surface area contributed by atoms with Gasteiger partial charge in [0, 0.05) is 11.6 Å². The fourth-order valence-corrected chi connectivity index (χ4v) is 1.52. The second-order valence-electron chi connectivity index (χ2n) is 5.43. The van der Waals surface area contributed by atoms with Crippen molar-refractivity contribution in [2.75, 3.05) is 6.61 Å². The molecule has 106 valence electrons. The zero-order valence-electron chi connectivity index (χ0n) is 12.2. The first-order chi connectivity index (χ1) is 8.84. The summed E-state index contributed by atoms with van der Waals surface area (Å²) in [5.41, 5.74) is 6.62. The lowest BCUT2D eigenvalue weighted by Crippen LogP contribution is -2.44. The van der Waals surface area contributed by atoms with Crippen LogP contribution in [-0.4, -0.2) is 18.1 Å². The van der Waals surface area contributed by atoms with Crippen LogP contribution >= 0.6 is 0 Å². The maximum Gasteiger partial charge on any atom is 0.258 e. The van der Waals surface area contributed by atoms with Crippen LogP contribution < -0.4 is 15.8 Å². The van der Waals surface area contributed by atoms with E-state index in [1.54, 1.807) is 0 Å². The smallest absolute Gasteiger partial charge is 0.258 e. The Morgan fingerprint density at radius 1 is 1.37 bits per heavy atom. The minimum atomic E-state index is -0.195. The van der Waals surface area contributed by atoms with Crippen LogP contribution in [-0.2, 0) is 4.79 Å². The topological polar surface area (TPSA) is 64.3 Å². The van der Waals surface area contributed by atoms with Gasteiger partial charge in [-0.3, -0.25) is 4.79 Å². The summed E-state index contributed by atoms with van der Waals surface area (Å²) in [6.07, 6.45) is 0.877. The van der Waals surface area contributed by atoms with E-state index in [0.29, 0.717) is 5.75 Å². The molecule has 19 heavy (non-hydrogen) atoms. The van der Waals surface area contributed by atoms with Gasteiger partial charge in [0.1, 0.15) is 5.75 Å². The summed E-state index contributed by atoms with van der Waals surface area (Å²) < 4.78 is 5.44. The molecule has 1 aromatic rings. The predicted octanol–water partition coefficient (Wildman–Crippen LogP) is 2.39. The van der Waals surface area contributed by atoms with Gasteiger partial charge in [0.2, 0.25) is 0 Å². The largest absolute Gasteiger partial charge is 0.484 e. The minimum Gasteiger partial charge on any atom is -0.484 e. The number of carbonyl (C=O) groups is 1. The van der Waals surface area contributed by atoms with E-state index in [2.05, 4.69) is 5.32 Å². The fraction of sp³-hybridized carbons (Fsp3) is 0.533. The zero-order valence-corrected chi connectivity index (χ0v) is 12.2. The first-order valence-corrected chi connectivity index (χ1v) is 6.63. The molecule has 0 spiro atoms. The van der Waals surface area contributed by atoms with Crippen LogP contribution in [0.1, 0.15) is 45.7 Å². The molecule has 0 aromatic heterocycles. The Morgan fingerprint density at radius 3 is 2.42 bits per heavy atom. The molecule has 4 nitrogen and oxygen atoms in total. The van der Waals surface area contributed by atoms with Crippen molar-refractivity contribution in [2.24, 2.45) is 5.73 Å². The molecule has 3 N–H and O–H groups in total. The van der Waals surface area contributed by atoms with Crippen LogP contribution in [0.15, 0.2) is 24.3 Å². The Kier molecular flexibility index (Phi) is 5.36. The standard InChI is InChI=1S/C15H24N2O2/c1-5-15(3,4)17-14(18)10-19-13-8-6-12(7-9-13)11(2)16/h6-9,11H,5,10,16H2,1-4H3,(H,17,18). The highest BCUT2D eigenvalue weighted by Crippen LogP contribution is 2.16. The summed E-state index contributed by atoms with van der Waals surface area (Å²) in [5, 5.41) is 2.92. The normalized spacial score (nSPS) is 12.9. The van der Waals surface area contributed by atoms with Gasteiger partial charge in [-0.15, -0.1) is 0 Å². The number of nitrogens with one attached hydrogen (secondary N) is 1. The molecular weight excluding hydrogens is 240 g/mol. The van der Waals surface area contributed by atoms with E-state index >= 15 is 0 Å². The second-order valence-corrected chi connectivity index (χ2v) is 5.43. The van der Waals surface area contributed by atoms with Gasteiger partial charge in [0.25, 0.3) is 5.91 Å². The maximum atomic E-state index is 11.7. The first kappa shape index (κ1) is 15.5. The number of hydrogen-bond acceptors (Lipinski definition) is 3. The molecule has 0 aliphatic carbocycles. The minimum absolute atomic E-state index is 0.00250. The van der Waals surface area contributed by atoms with E-state index in [4.69, 9.17) is 10.5 Å². The number of amides is 1. The first-order valence-electron chi connectivity index (χ1n) is 6.63. The highest BCUT2D eigenvalue weighted by molar-refractivity contribution is 5.78. The van der Waals surface area contributed by atoms with Gasteiger partial charge in [-0.2, -0.15) is 0 Å². The molecule has 0 fully saturated rings. The Labute approximate surface area is 115 Å². The highest BCUT2D eigenvalue weighted by atomic mass is 16.5. The maximum absolute atomic E-state index is 11.7. The molecule has 1 unspecified atom stereocenters. The molecular formula is C15H24N2O2. The van der Waals surface area contributed by atoms with Gasteiger partial charge in [0.05, 0.1) is 0 Å². The molecule has 0 saturated carbocycles. The van der Waals surface area contributed by atoms with Crippen molar-refractivity contribution >= 4 is 5.91 Å². The quantitative estimate of drug-likeness (QED) is 0.829. The lowest BCUT2D eigenvalue weighted by Gasteiger charge is -2.24. The van der Waals surface area contributed by atoms with Crippen LogP contribution in [0.3, 0.4) is 0 Å². The number of ether oxygens (including phenoxy) is 1. The molecule has 0 bridgehead atoms. The van der Waals surface area contributed by atoms with Crippen molar-refractivity contribution in [2.45, 2.75) is 45.7 Å². The molecule has 1 atom stereocenters. The molecule has 1 rings (SSSR count). The van der Waals surface area contributed by atoms with Gasteiger partial charge < -0.3 is 15.8 Å². The Bertz CT molecular complexity index is 411. The third-order valence-electron chi connectivity index (χ3n) is 3.14. The van der Waals surface area contributed by atoms with Crippen molar-refractivity contribution in [3.63, 3.8) is 0 Å². The summed E-state index contributed by atoms with van der Waals surface area (Å²) in [7, 11) is 0. The third-order valence-corrected chi connectivity index (χ3v) is 3.14. The number of benzene rings is 1. The van der Waals surface area contributed by atoms with Gasteiger partial charge in [-0.1, -0.05) is 19.1 Å². The summed E-state index contributed by atoms with van der Waals surface area (Å²) in [4.78, 5) is 11.7. The average molecular weight is 264 g/mol. The van der Waals surface area contributed by atoms with Gasteiger partial charge >= 0.3 is 0 Å². The van der Waals surface area contributed by atoms with Gasteiger partial charge in [0.15, 0.2) is 6.61 Å². The summed E-state index contributed by atoms with van der Waals surface area (Å²) in [6, 6.07) is 7.48. The Hall–Kier alpha value is -1.55. The van der Waals surface area contributed by atoms with Crippen molar-refractivity contribution < 1.29 is 9.53 Å². The van der Waals surface area contributed by atoms with Crippen LogP contribution in [0.5, 0.6) is 5.75 Å². The van der Waals surface area contributed by atoms with E-state index in [-0.39, 0.29) is 24.1 Å². The van der Waals surface area contributed by atoms with E-state index in [1.165, 1.54) is 0 Å². The van der Waals surface area contributed by atoms with Crippen molar-refractivity contribution in [3.8, 4) is 5.75 Å². The second kappa shape index (κ2) is 6.57. The van der Waals surface area contributed by atoms with E-state index in [9.17, 15) is 4.79 Å². The van der Waals surface area contributed by atoms with Crippen LogP contribution in [0.2, 0.25) is 0 Å². The number of hydrogen-bond donors (Lipinski definition) is 2. The molecule has 0 heterocycles. The summed E-state index contributed by atoms with van der Waals surface area (Å²) >= 11 is 0. The van der Waals surface area contributed by atoms with E-state index in [1.807, 2.05) is 52.0 Å². The predicted molar refractivity (Wildman–Crippen MR) is 77.1 cm³/mol. The van der Waals surface area contributed by atoms with Crippen LogP contribution in [0, 0.1) is 0 Å². The van der Waals surface area contributed by atoms with Gasteiger partial charge in [-0.05, 0) is 44.9 Å². The Morgan fingerprint density at radius 2 is 1.95 bits per heavy atom. The highest BCUT2D eigenvalue weighted by Gasteiger charge is 2.17. The zero-order chi connectivity index (χ0) is 14.5. The third kappa shape index (κ3) is 5.30. The van der Waals surface area contributed by atoms with E-state index < -0.39 is 0 Å². The fourth-order valence-electron chi connectivity index (χ4n) is 1.52. The van der Waals surface area contributed by atoms with Gasteiger partial charge in [-0.25, -0.2) is 0 Å². The lowest BCUT2D eigenvalue weighted by molar-refractivity contribution is -0.124. The molecule has 0 aliphatic heterocycles. The van der Waals surface area contributed by atoms with Crippen LogP contribution in [0.25, 0.3) is 0 Å². The van der Waals surface area contributed by atoms with E-state index in [0.717, 1.165) is 12.0 Å². The van der Waals surface area contributed by atoms with Crippen molar-refractivity contribution in [3.05, 3.63) is 29.8 Å². The molecule has 0 saturated heterocycles. The molecule has 1 aromatic carbocycles. The Balaban J connectivity index is 2.46. The average Bonchev–Trinajstić information content (AvgIpc) is 2.36.